The van der Waals surface area contributed by atoms with Gasteiger partial charge in [0.05, 0.1) is 12.2 Å². The molecule has 1 aliphatic rings. The highest BCUT2D eigenvalue weighted by atomic mass is 16.5. The molecule has 3 heterocycles. The van der Waals surface area contributed by atoms with Crippen LogP contribution in [0.5, 0.6) is 5.88 Å². The van der Waals surface area contributed by atoms with Gasteiger partial charge >= 0.3 is 0 Å². The van der Waals surface area contributed by atoms with Crippen LogP contribution in [0.1, 0.15) is 47.1 Å². The minimum atomic E-state index is -0.313. The summed E-state index contributed by atoms with van der Waals surface area (Å²) in [5.41, 5.74) is 4.37. The first-order valence-corrected chi connectivity index (χ1v) is 11.7. The fraction of sp³-hybridized carbons (Fsp3) is 0.214. The van der Waals surface area contributed by atoms with Gasteiger partial charge in [0.15, 0.2) is 0 Å². The number of hydrogen-bond acceptors (Lipinski definition) is 6. The lowest BCUT2D eigenvalue weighted by Gasteiger charge is -2.24. The summed E-state index contributed by atoms with van der Waals surface area (Å²) in [4.78, 5) is 28.9. The molecule has 0 saturated carbocycles. The van der Waals surface area contributed by atoms with E-state index in [1.165, 1.54) is 5.56 Å². The number of para-hydroxylation sites is 1. The first-order valence-electron chi connectivity index (χ1n) is 11.7. The van der Waals surface area contributed by atoms with E-state index in [4.69, 9.17) is 9.72 Å². The maximum absolute atomic E-state index is 13.1. The van der Waals surface area contributed by atoms with Crippen molar-refractivity contribution in [2.24, 2.45) is 0 Å². The normalized spacial score (nSPS) is 15.4. The molecular formula is C28H27N5O2. The Morgan fingerprint density at radius 3 is 2.63 bits per heavy atom. The number of hydrogen-bond donors (Lipinski definition) is 1. The van der Waals surface area contributed by atoms with Crippen molar-refractivity contribution < 1.29 is 9.53 Å². The average molecular weight is 466 g/mol. The van der Waals surface area contributed by atoms with Crippen molar-refractivity contribution in [2.75, 3.05) is 4.90 Å². The van der Waals surface area contributed by atoms with Crippen molar-refractivity contribution in [3.63, 3.8) is 0 Å². The Kier molecular flexibility index (Phi) is 6.39. The van der Waals surface area contributed by atoms with Crippen LogP contribution in [0.2, 0.25) is 0 Å². The predicted octanol–water partition coefficient (Wildman–Crippen LogP) is 5.02. The van der Waals surface area contributed by atoms with Crippen LogP contribution in [-0.4, -0.2) is 26.9 Å². The van der Waals surface area contributed by atoms with Crippen molar-refractivity contribution in [2.45, 2.75) is 39.0 Å². The third-order valence-electron chi connectivity index (χ3n) is 6.12. The van der Waals surface area contributed by atoms with Crippen LogP contribution in [0.25, 0.3) is 0 Å². The van der Waals surface area contributed by atoms with E-state index >= 15 is 0 Å². The number of anilines is 2. The number of carbonyl (C=O) groups excluding carboxylic acids is 1. The molecule has 2 aromatic carbocycles. The van der Waals surface area contributed by atoms with E-state index in [1.807, 2.05) is 67.6 Å². The third kappa shape index (κ3) is 4.84. The summed E-state index contributed by atoms with van der Waals surface area (Å²) < 4.78 is 6.27. The van der Waals surface area contributed by atoms with E-state index in [0.29, 0.717) is 12.5 Å². The highest BCUT2D eigenvalue weighted by Crippen LogP contribution is 2.37. The Morgan fingerprint density at radius 2 is 1.83 bits per heavy atom. The number of benzene rings is 2. The highest BCUT2D eigenvalue weighted by Gasteiger charge is 2.30. The van der Waals surface area contributed by atoms with Gasteiger partial charge in [0.25, 0.3) is 5.91 Å². The zero-order valence-electron chi connectivity index (χ0n) is 19.8. The number of pyridine rings is 1. The summed E-state index contributed by atoms with van der Waals surface area (Å²) in [6.07, 6.45) is 3.86. The molecule has 0 fully saturated rings. The minimum Gasteiger partial charge on any atom is -0.469 e. The average Bonchev–Trinajstić information content (AvgIpc) is 3.24. The predicted molar refractivity (Wildman–Crippen MR) is 135 cm³/mol. The maximum atomic E-state index is 13.1. The number of amides is 1. The molecule has 1 N–H and O–H groups in total. The Bertz CT molecular complexity index is 1310. The van der Waals surface area contributed by atoms with Crippen molar-refractivity contribution in [3.8, 4) is 5.88 Å². The second-order valence-electron chi connectivity index (χ2n) is 8.62. The molecule has 7 nitrogen and oxygen atoms in total. The zero-order chi connectivity index (χ0) is 24.2. The molecule has 0 saturated heterocycles. The molecule has 35 heavy (non-hydrogen) atoms. The molecule has 4 aromatic rings. The summed E-state index contributed by atoms with van der Waals surface area (Å²) in [6.45, 7) is 4.38. The quantitative estimate of drug-likeness (QED) is 0.413. The molecule has 1 aliphatic heterocycles. The van der Waals surface area contributed by atoms with Crippen molar-refractivity contribution in [3.05, 3.63) is 108 Å². The molecule has 1 amide bonds. The number of rotatable bonds is 7. The number of carbonyl (C=O) groups is 1. The van der Waals surface area contributed by atoms with Gasteiger partial charge in [0, 0.05) is 24.1 Å². The largest absolute Gasteiger partial charge is 0.469 e. The minimum absolute atomic E-state index is 0.190. The molecule has 7 heteroatoms. The Labute approximate surface area is 204 Å². The standard InChI is InChI=1S/C28H27N5O2/c1-19-16-22-12-6-7-14-25(22)33(19)28-31-18-24(26(34)30-17-23-13-8-9-15-29-23)27(32-28)35-20(2)21-10-4-3-5-11-21/h3-15,18-20H,16-17H2,1-2H3,(H,30,34)/t19-,20+/m1/s1. The van der Waals surface area contributed by atoms with Crippen molar-refractivity contribution in [1.82, 2.24) is 20.3 Å². The second-order valence-corrected chi connectivity index (χ2v) is 8.62. The topological polar surface area (TPSA) is 80.2 Å². The van der Waals surface area contributed by atoms with Crippen LogP contribution >= 0.6 is 0 Å². The van der Waals surface area contributed by atoms with Gasteiger partial charge in [-0.2, -0.15) is 4.98 Å². The van der Waals surface area contributed by atoms with Gasteiger partial charge in [-0.1, -0.05) is 54.6 Å². The van der Waals surface area contributed by atoms with E-state index in [-0.39, 0.29) is 29.5 Å². The van der Waals surface area contributed by atoms with Crippen LogP contribution in [0, 0.1) is 0 Å². The SMILES string of the molecule is C[C@H](Oc1nc(N2c3ccccc3C[C@H]2C)ncc1C(=O)NCc1ccccn1)c1ccccc1. The van der Waals surface area contributed by atoms with Crippen molar-refractivity contribution in [1.29, 1.82) is 0 Å². The highest BCUT2D eigenvalue weighted by molar-refractivity contribution is 5.96. The van der Waals surface area contributed by atoms with E-state index in [9.17, 15) is 4.79 Å². The zero-order valence-corrected chi connectivity index (χ0v) is 19.8. The van der Waals surface area contributed by atoms with Crippen LogP contribution in [0.4, 0.5) is 11.6 Å². The lowest BCUT2D eigenvalue weighted by atomic mass is 10.1. The Hall–Kier alpha value is -4.26. The van der Waals surface area contributed by atoms with Gasteiger partial charge in [-0.25, -0.2) is 4.98 Å². The molecule has 5 rings (SSSR count). The molecule has 0 radical (unpaired) electrons. The number of aromatic nitrogens is 3. The summed E-state index contributed by atoms with van der Waals surface area (Å²) in [6, 6.07) is 23.9. The number of nitrogens with one attached hydrogen (secondary N) is 1. The summed E-state index contributed by atoms with van der Waals surface area (Å²) in [5, 5.41) is 2.91. The van der Waals surface area contributed by atoms with Gasteiger partial charge in [-0.3, -0.25) is 9.78 Å². The van der Waals surface area contributed by atoms with E-state index in [1.54, 1.807) is 12.4 Å². The summed E-state index contributed by atoms with van der Waals surface area (Å²) in [7, 11) is 0. The molecule has 0 unspecified atom stereocenters. The third-order valence-corrected chi connectivity index (χ3v) is 6.12. The summed E-state index contributed by atoms with van der Waals surface area (Å²) in [5.74, 6) is 0.452. The first kappa shape index (κ1) is 22.5. The second kappa shape index (κ2) is 9.93. The molecular weight excluding hydrogens is 438 g/mol. The van der Waals surface area contributed by atoms with Crippen LogP contribution < -0.4 is 15.0 Å². The van der Waals surface area contributed by atoms with Gasteiger partial charge in [0.1, 0.15) is 11.7 Å². The van der Waals surface area contributed by atoms with Crippen molar-refractivity contribution >= 4 is 17.5 Å². The molecule has 0 bridgehead atoms. The van der Waals surface area contributed by atoms with E-state index < -0.39 is 0 Å². The van der Waals surface area contributed by atoms with Gasteiger partial charge in [-0.15, -0.1) is 0 Å². The fourth-order valence-corrected chi connectivity index (χ4v) is 4.32. The molecule has 2 atom stereocenters. The molecule has 0 aliphatic carbocycles. The van der Waals surface area contributed by atoms with Crippen LogP contribution in [0.3, 0.4) is 0 Å². The summed E-state index contributed by atoms with van der Waals surface area (Å²) >= 11 is 0. The molecule has 0 spiro atoms. The smallest absolute Gasteiger partial charge is 0.258 e. The first-order chi connectivity index (χ1) is 17.1. The van der Waals surface area contributed by atoms with Gasteiger partial charge in [-0.05, 0) is 49.6 Å². The monoisotopic (exact) mass is 465 g/mol. The Balaban J connectivity index is 1.47. The lowest BCUT2D eigenvalue weighted by molar-refractivity contribution is 0.0941. The van der Waals surface area contributed by atoms with Gasteiger partial charge in [0.2, 0.25) is 11.8 Å². The van der Waals surface area contributed by atoms with E-state index in [0.717, 1.165) is 23.4 Å². The fourth-order valence-electron chi connectivity index (χ4n) is 4.32. The Morgan fingerprint density at radius 1 is 1.06 bits per heavy atom. The number of fused-ring (bicyclic) bond motifs is 1. The number of nitrogens with zero attached hydrogens (tertiary/aromatic N) is 4. The van der Waals surface area contributed by atoms with Crippen LogP contribution in [-0.2, 0) is 13.0 Å². The van der Waals surface area contributed by atoms with Gasteiger partial charge < -0.3 is 15.0 Å². The molecule has 176 valence electrons. The molecule has 2 aromatic heterocycles. The maximum Gasteiger partial charge on any atom is 0.258 e. The number of ether oxygens (including phenoxy) is 1. The lowest BCUT2D eigenvalue weighted by Crippen LogP contribution is -2.28. The van der Waals surface area contributed by atoms with E-state index in [2.05, 4.69) is 39.2 Å². The van der Waals surface area contributed by atoms with Crippen LogP contribution in [0.15, 0.2) is 85.2 Å².